The number of piperidine rings is 1. The van der Waals surface area contributed by atoms with Crippen LogP contribution in [0.1, 0.15) is 44.9 Å². The van der Waals surface area contributed by atoms with Gasteiger partial charge in [-0.1, -0.05) is 24.2 Å². The van der Waals surface area contributed by atoms with E-state index >= 15 is 0 Å². The molecule has 2 fully saturated rings. The van der Waals surface area contributed by atoms with Crippen molar-refractivity contribution in [1.29, 1.82) is 0 Å². The first-order chi connectivity index (χ1) is 13.8. The molecule has 2 saturated heterocycles. The molecule has 1 amide bonds. The Bertz CT molecular complexity index is 730. The largest absolute Gasteiger partial charge is 0.356 e. The van der Waals surface area contributed by atoms with E-state index in [-0.39, 0.29) is 11.8 Å². The molecule has 6 nitrogen and oxygen atoms in total. The van der Waals surface area contributed by atoms with Gasteiger partial charge in [-0.25, -0.2) is 9.97 Å². The fourth-order valence-electron chi connectivity index (χ4n) is 4.24. The summed E-state index contributed by atoms with van der Waals surface area (Å²) in [6.07, 6.45) is 10.1. The van der Waals surface area contributed by atoms with Crippen molar-refractivity contribution in [3.63, 3.8) is 0 Å². The Balaban J connectivity index is 1.17. The highest BCUT2D eigenvalue weighted by Gasteiger charge is 2.26. The van der Waals surface area contributed by atoms with Crippen molar-refractivity contribution in [2.45, 2.75) is 44.9 Å². The van der Waals surface area contributed by atoms with Crippen molar-refractivity contribution in [1.82, 2.24) is 20.2 Å². The van der Waals surface area contributed by atoms with Crippen molar-refractivity contribution in [3.8, 4) is 0 Å². The van der Waals surface area contributed by atoms with Crippen molar-refractivity contribution >= 4 is 32.7 Å². The van der Waals surface area contributed by atoms with Crippen LogP contribution in [0.15, 0.2) is 18.3 Å². The minimum Gasteiger partial charge on any atom is -0.356 e. The first-order valence-corrected chi connectivity index (χ1v) is 11.6. The van der Waals surface area contributed by atoms with E-state index in [9.17, 15) is 4.79 Å². The summed E-state index contributed by atoms with van der Waals surface area (Å²) in [5, 5.41) is 4.21. The second kappa shape index (κ2) is 9.65. The van der Waals surface area contributed by atoms with E-state index in [0.717, 1.165) is 60.9 Å². The van der Waals surface area contributed by atoms with Gasteiger partial charge in [0.1, 0.15) is 10.3 Å². The van der Waals surface area contributed by atoms with Gasteiger partial charge in [0.05, 0.1) is 0 Å². The Morgan fingerprint density at radius 2 is 1.93 bits per heavy atom. The van der Waals surface area contributed by atoms with Gasteiger partial charge in [-0.05, 0) is 63.9 Å². The molecule has 2 aliphatic rings. The number of hydrogen-bond acceptors (Lipinski definition) is 6. The quantitative estimate of drug-likeness (QED) is 0.753. The van der Waals surface area contributed by atoms with Crippen molar-refractivity contribution < 1.29 is 4.79 Å². The van der Waals surface area contributed by atoms with Gasteiger partial charge in [-0.2, -0.15) is 0 Å². The third-order valence-corrected chi connectivity index (χ3v) is 6.98. The van der Waals surface area contributed by atoms with Crippen LogP contribution in [0.2, 0.25) is 0 Å². The number of likely N-dealkylation sites (tertiary alicyclic amines) is 1. The number of fused-ring (bicyclic) bond motifs is 1. The van der Waals surface area contributed by atoms with Crippen molar-refractivity contribution in [2.24, 2.45) is 5.92 Å². The number of rotatable bonds is 6. The molecule has 0 atom stereocenters. The normalized spacial score (nSPS) is 19.6. The predicted molar refractivity (Wildman–Crippen MR) is 115 cm³/mol. The molecule has 2 aromatic heterocycles. The van der Waals surface area contributed by atoms with Gasteiger partial charge in [-0.3, -0.25) is 4.79 Å². The number of amides is 1. The molecule has 2 aromatic rings. The van der Waals surface area contributed by atoms with E-state index in [1.807, 2.05) is 18.3 Å². The zero-order valence-corrected chi connectivity index (χ0v) is 17.4. The SMILES string of the molecule is O=C(NCCCN1CCCCCC1)C1CCN(c2nc3cccnc3s2)CC1. The highest BCUT2D eigenvalue weighted by molar-refractivity contribution is 7.21. The fourth-order valence-corrected chi connectivity index (χ4v) is 5.21. The summed E-state index contributed by atoms with van der Waals surface area (Å²) < 4.78 is 0. The molecule has 0 spiro atoms. The monoisotopic (exact) mass is 401 g/mol. The van der Waals surface area contributed by atoms with E-state index in [1.165, 1.54) is 38.8 Å². The molecule has 0 radical (unpaired) electrons. The maximum absolute atomic E-state index is 12.5. The summed E-state index contributed by atoms with van der Waals surface area (Å²) in [5.41, 5.74) is 0.965. The van der Waals surface area contributed by atoms with Crippen LogP contribution in [0.3, 0.4) is 0 Å². The van der Waals surface area contributed by atoms with Crippen LogP contribution in [0, 0.1) is 5.92 Å². The number of pyridine rings is 1. The van der Waals surface area contributed by atoms with E-state index in [0.29, 0.717) is 0 Å². The molecular weight excluding hydrogens is 370 g/mol. The Morgan fingerprint density at radius 3 is 2.68 bits per heavy atom. The number of carbonyl (C=O) groups is 1. The molecule has 0 aliphatic carbocycles. The first kappa shape index (κ1) is 19.6. The fraction of sp³-hybridized carbons (Fsp3) is 0.667. The van der Waals surface area contributed by atoms with Crippen molar-refractivity contribution in [2.75, 3.05) is 44.2 Å². The van der Waals surface area contributed by atoms with Crippen LogP contribution in [0.5, 0.6) is 0 Å². The van der Waals surface area contributed by atoms with E-state index in [4.69, 9.17) is 4.98 Å². The van der Waals surface area contributed by atoms with Gasteiger partial charge in [0.25, 0.3) is 0 Å². The second-order valence-electron chi connectivity index (χ2n) is 7.99. The molecule has 0 aromatic carbocycles. The summed E-state index contributed by atoms with van der Waals surface area (Å²) in [6.45, 7) is 6.17. The molecule has 0 saturated carbocycles. The average molecular weight is 402 g/mol. The number of hydrogen-bond donors (Lipinski definition) is 1. The van der Waals surface area contributed by atoms with Crippen LogP contribution < -0.4 is 10.2 Å². The Morgan fingerprint density at radius 1 is 1.14 bits per heavy atom. The number of thiazole rings is 1. The maximum Gasteiger partial charge on any atom is 0.223 e. The van der Waals surface area contributed by atoms with Gasteiger partial charge < -0.3 is 15.1 Å². The summed E-state index contributed by atoms with van der Waals surface area (Å²) >= 11 is 1.64. The summed E-state index contributed by atoms with van der Waals surface area (Å²) in [6, 6.07) is 3.93. The third kappa shape index (κ3) is 5.00. The molecule has 2 aliphatic heterocycles. The second-order valence-corrected chi connectivity index (χ2v) is 8.94. The molecule has 152 valence electrons. The van der Waals surface area contributed by atoms with Crippen molar-refractivity contribution in [3.05, 3.63) is 18.3 Å². The molecule has 28 heavy (non-hydrogen) atoms. The average Bonchev–Trinajstić information content (AvgIpc) is 3.00. The van der Waals surface area contributed by atoms with E-state index in [2.05, 4.69) is 20.1 Å². The minimum atomic E-state index is 0.141. The molecule has 0 bridgehead atoms. The number of anilines is 1. The summed E-state index contributed by atoms with van der Waals surface area (Å²) in [5.74, 6) is 0.378. The van der Waals surface area contributed by atoms with Crippen LogP contribution in [0.25, 0.3) is 10.3 Å². The Hall–Kier alpha value is -1.73. The first-order valence-electron chi connectivity index (χ1n) is 10.8. The molecule has 0 unspecified atom stereocenters. The Labute approximate surface area is 171 Å². The number of nitrogens with one attached hydrogen (secondary N) is 1. The third-order valence-electron chi connectivity index (χ3n) is 5.94. The van der Waals surface area contributed by atoms with Gasteiger partial charge >= 0.3 is 0 Å². The number of aromatic nitrogens is 2. The molecule has 7 heteroatoms. The van der Waals surface area contributed by atoms with Gasteiger partial charge in [-0.15, -0.1) is 0 Å². The molecular formula is C21H31N5OS. The van der Waals surface area contributed by atoms with Gasteiger partial charge in [0, 0.05) is 31.7 Å². The van der Waals surface area contributed by atoms with E-state index in [1.54, 1.807) is 11.3 Å². The Kier molecular flexibility index (Phi) is 6.75. The maximum atomic E-state index is 12.5. The van der Waals surface area contributed by atoms with Gasteiger partial charge in [0.15, 0.2) is 5.13 Å². The van der Waals surface area contributed by atoms with Crippen LogP contribution >= 0.6 is 11.3 Å². The zero-order valence-electron chi connectivity index (χ0n) is 16.6. The minimum absolute atomic E-state index is 0.141. The lowest BCUT2D eigenvalue weighted by molar-refractivity contribution is -0.125. The number of nitrogens with zero attached hydrogens (tertiary/aromatic N) is 4. The predicted octanol–water partition coefficient (Wildman–Crippen LogP) is 3.29. The van der Waals surface area contributed by atoms with Crippen LogP contribution in [-0.4, -0.2) is 60.0 Å². The highest BCUT2D eigenvalue weighted by atomic mass is 32.1. The number of carbonyl (C=O) groups excluding carboxylic acids is 1. The highest BCUT2D eigenvalue weighted by Crippen LogP contribution is 2.30. The zero-order chi connectivity index (χ0) is 19.2. The summed E-state index contributed by atoms with van der Waals surface area (Å²) in [7, 11) is 0. The summed E-state index contributed by atoms with van der Waals surface area (Å²) in [4.78, 5) is 27.4. The van der Waals surface area contributed by atoms with Crippen LogP contribution in [0.4, 0.5) is 5.13 Å². The van der Waals surface area contributed by atoms with Gasteiger partial charge in [0.2, 0.25) is 5.91 Å². The lowest BCUT2D eigenvalue weighted by Gasteiger charge is -2.31. The standard InChI is InChI=1S/C21H31N5OS/c27-19(22-11-6-14-25-12-3-1-2-4-13-25)17-8-15-26(16-9-17)21-24-18-7-5-10-23-20(18)28-21/h5,7,10,17H,1-4,6,8-9,11-16H2,(H,22,27). The topological polar surface area (TPSA) is 61.4 Å². The molecule has 1 N–H and O–H groups in total. The lowest BCUT2D eigenvalue weighted by Crippen LogP contribution is -2.41. The molecule has 4 rings (SSSR count). The van der Waals surface area contributed by atoms with Crippen LogP contribution in [-0.2, 0) is 4.79 Å². The van der Waals surface area contributed by atoms with E-state index < -0.39 is 0 Å². The lowest BCUT2D eigenvalue weighted by atomic mass is 9.96. The molecule has 4 heterocycles. The smallest absolute Gasteiger partial charge is 0.223 e.